The van der Waals surface area contributed by atoms with Crippen LogP contribution in [0.3, 0.4) is 0 Å². The van der Waals surface area contributed by atoms with Gasteiger partial charge in [0, 0.05) is 0 Å². The highest BCUT2D eigenvalue weighted by Gasteiger charge is 2.11. The quantitative estimate of drug-likeness (QED) is 0.178. The fraction of sp³-hybridized carbons (Fsp3) is 0.265. The van der Waals surface area contributed by atoms with E-state index in [0.29, 0.717) is 5.41 Å². The summed E-state index contributed by atoms with van der Waals surface area (Å²) in [4.78, 5) is 0. The second-order valence-corrected chi connectivity index (χ2v) is 12.9. The first kappa shape index (κ1) is 45.1. The van der Waals surface area contributed by atoms with Gasteiger partial charge in [-0.2, -0.15) is 0 Å². The summed E-state index contributed by atoms with van der Waals surface area (Å²) in [7, 11) is 1.66. The zero-order chi connectivity index (χ0) is 36.3. The molecule has 0 amide bonds. The highest BCUT2D eigenvalue weighted by atomic mass is 16.5. The SMILES string of the molecule is C.CC(C)(C)c1ccccc1.CCc1ccccc1.COc1ccccc1.Cc1ccc(C)cc1.Cc1ccc(C)cc1.Cc1ccccc1. The van der Waals surface area contributed by atoms with E-state index in [0.717, 1.165) is 12.2 Å². The Balaban J connectivity index is 0.000000576. The first-order valence-electron chi connectivity index (χ1n) is 17.2. The number of hydrogen-bond acceptors (Lipinski definition) is 1. The molecule has 1 heteroatoms. The largest absolute Gasteiger partial charge is 0.497 e. The molecule has 0 atom stereocenters. The van der Waals surface area contributed by atoms with E-state index in [1.165, 1.54) is 38.9 Å². The minimum absolute atomic E-state index is 0. The molecule has 0 N–H and O–H groups in total. The molecule has 0 unspecified atom stereocenters. The van der Waals surface area contributed by atoms with Crippen LogP contribution in [0.1, 0.15) is 74.1 Å². The van der Waals surface area contributed by atoms with Crippen LogP contribution in [0, 0.1) is 34.6 Å². The van der Waals surface area contributed by atoms with E-state index in [-0.39, 0.29) is 7.43 Å². The molecule has 0 bridgehead atoms. The summed E-state index contributed by atoms with van der Waals surface area (Å²) in [5.41, 5.74) is 9.74. The molecule has 0 radical (unpaired) electrons. The maximum atomic E-state index is 4.91. The number of ether oxygens (including phenoxy) is 1. The van der Waals surface area contributed by atoms with E-state index in [9.17, 15) is 0 Å². The second kappa shape index (κ2) is 27.0. The lowest BCUT2D eigenvalue weighted by molar-refractivity contribution is 0.415. The van der Waals surface area contributed by atoms with Crippen LogP contribution in [0.4, 0.5) is 0 Å². The van der Waals surface area contributed by atoms with Crippen molar-refractivity contribution in [3.63, 3.8) is 0 Å². The van der Waals surface area contributed by atoms with Gasteiger partial charge in [0.2, 0.25) is 0 Å². The van der Waals surface area contributed by atoms with Crippen molar-refractivity contribution in [2.75, 3.05) is 7.11 Å². The molecule has 1 nitrogen and oxygen atoms in total. The molecular weight excluding hydrogens is 605 g/mol. The van der Waals surface area contributed by atoms with Crippen molar-refractivity contribution in [2.45, 2.75) is 81.6 Å². The third kappa shape index (κ3) is 23.4. The molecule has 50 heavy (non-hydrogen) atoms. The average molecular weight is 669 g/mol. The summed E-state index contributed by atoms with van der Waals surface area (Å²) < 4.78 is 4.91. The highest BCUT2D eigenvalue weighted by Crippen LogP contribution is 2.20. The van der Waals surface area contributed by atoms with Crippen molar-refractivity contribution in [3.8, 4) is 5.75 Å². The third-order valence-corrected chi connectivity index (χ3v) is 7.25. The van der Waals surface area contributed by atoms with Crippen LogP contribution in [0.25, 0.3) is 0 Å². The summed E-state index contributed by atoms with van der Waals surface area (Å²) in [6, 6.07) is 57.9. The molecule has 6 aromatic rings. The van der Waals surface area contributed by atoms with Gasteiger partial charge >= 0.3 is 0 Å². The molecule has 0 heterocycles. The zero-order valence-electron chi connectivity index (χ0n) is 31.8. The number of aryl methyl sites for hydroxylation is 6. The Bertz CT molecular complexity index is 1460. The first-order chi connectivity index (χ1) is 23.4. The fourth-order valence-electron chi connectivity index (χ4n) is 4.02. The van der Waals surface area contributed by atoms with E-state index in [4.69, 9.17) is 4.74 Å². The normalized spacial score (nSPS) is 9.32. The lowest BCUT2D eigenvalue weighted by atomic mass is 9.87. The molecule has 0 fully saturated rings. The van der Waals surface area contributed by atoms with Gasteiger partial charge in [-0.25, -0.2) is 0 Å². The monoisotopic (exact) mass is 668 g/mol. The Morgan fingerprint density at radius 3 is 0.880 bits per heavy atom. The third-order valence-electron chi connectivity index (χ3n) is 7.25. The highest BCUT2D eigenvalue weighted by molar-refractivity contribution is 5.23. The van der Waals surface area contributed by atoms with Crippen molar-refractivity contribution in [1.82, 2.24) is 0 Å². The van der Waals surface area contributed by atoms with Crippen molar-refractivity contribution in [1.29, 1.82) is 0 Å². The Morgan fingerprint density at radius 2 is 0.680 bits per heavy atom. The number of hydrogen-bond donors (Lipinski definition) is 0. The van der Waals surface area contributed by atoms with Crippen molar-refractivity contribution in [2.24, 2.45) is 0 Å². The number of para-hydroxylation sites is 1. The van der Waals surface area contributed by atoms with E-state index in [1.807, 2.05) is 54.6 Å². The maximum absolute atomic E-state index is 4.91. The predicted octanol–water partition coefficient (Wildman–Crippen LogP) is 14.2. The molecule has 0 aromatic heterocycles. The summed E-state index contributed by atoms with van der Waals surface area (Å²) in [6.07, 6.45) is 1.14. The maximum Gasteiger partial charge on any atom is 0.118 e. The number of rotatable bonds is 2. The van der Waals surface area contributed by atoms with E-state index >= 15 is 0 Å². The van der Waals surface area contributed by atoms with Crippen LogP contribution >= 0.6 is 0 Å². The molecule has 0 spiro atoms. The van der Waals surface area contributed by atoms with Crippen LogP contribution in [0.5, 0.6) is 5.75 Å². The zero-order valence-corrected chi connectivity index (χ0v) is 31.8. The Kier molecular flexibility index (Phi) is 24.4. The van der Waals surface area contributed by atoms with Gasteiger partial charge < -0.3 is 4.74 Å². The van der Waals surface area contributed by atoms with E-state index in [1.54, 1.807) is 7.11 Å². The molecule has 266 valence electrons. The molecule has 0 saturated heterocycles. The number of methoxy groups -OCH3 is 1. The van der Waals surface area contributed by atoms with Crippen LogP contribution in [0.15, 0.2) is 170 Å². The molecule has 6 rings (SSSR count). The van der Waals surface area contributed by atoms with Gasteiger partial charge in [-0.05, 0) is 69.7 Å². The van der Waals surface area contributed by atoms with Crippen LogP contribution < -0.4 is 4.74 Å². The minimum atomic E-state index is 0. The Hall–Kier alpha value is -4.88. The van der Waals surface area contributed by atoms with Crippen LogP contribution in [-0.2, 0) is 11.8 Å². The summed E-state index contributed by atoms with van der Waals surface area (Å²) in [5, 5.41) is 0. The van der Waals surface area contributed by atoms with E-state index in [2.05, 4.69) is 178 Å². The van der Waals surface area contributed by atoms with Crippen LogP contribution in [0.2, 0.25) is 0 Å². The van der Waals surface area contributed by atoms with Gasteiger partial charge in [0.25, 0.3) is 0 Å². The molecule has 6 aromatic carbocycles. The Morgan fingerprint density at radius 1 is 0.400 bits per heavy atom. The average Bonchev–Trinajstić information content (AvgIpc) is 3.13. The Labute approximate surface area is 307 Å². The lowest BCUT2D eigenvalue weighted by Gasteiger charge is -2.18. The van der Waals surface area contributed by atoms with Gasteiger partial charge in [-0.15, -0.1) is 0 Å². The number of benzene rings is 6. The van der Waals surface area contributed by atoms with Gasteiger partial charge in [0.15, 0.2) is 0 Å². The second-order valence-electron chi connectivity index (χ2n) is 12.9. The van der Waals surface area contributed by atoms with Gasteiger partial charge in [-0.3, -0.25) is 0 Å². The smallest absolute Gasteiger partial charge is 0.118 e. The lowest BCUT2D eigenvalue weighted by Crippen LogP contribution is -2.10. The molecule has 0 aliphatic heterocycles. The van der Waals surface area contributed by atoms with Crippen LogP contribution in [-0.4, -0.2) is 7.11 Å². The van der Waals surface area contributed by atoms with Crippen molar-refractivity contribution in [3.05, 3.63) is 209 Å². The standard InChI is InChI=1S/C10H14.3C8H10.C7H8O.C7H8.CH4/c1-10(2,3)9-7-5-4-6-8-9;2*1-7-3-5-8(2)6-4-7;1-2-8-6-4-3-5-7-8;1-8-7-5-3-2-4-6-7;1-7-5-3-2-4-6-7;/h4-8H,1-3H3;2*3-6H,1-2H3;3-7H,2H2,1H3;2-6H,1H3;2-6H,1H3;1H4. The molecular formula is C49H64O. The summed E-state index contributed by atoms with van der Waals surface area (Å²) >= 11 is 0. The first-order valence-corrected chi connectivity index (χ1v) is 17.2. The fourth-order valence-corrected chi connectivity index (χ4v) is 4.02. The van der Waals surface area contributed by atoms with Gasteiger partial charge in [0.1, 0.15) is 5.75 Å². The molecule has 0 aliphatic rings. The van der Waals surface area contributed by atoms with Gasteiger partial charge in [0.05, 0.1) is 7.11 Å². The topological polar surface area (TPSA) is 9.23 Å². The summed E-state index contributed by atoms with van der Waals surface area (Å²) in [6.45, 7) is 19.3. The van der Waals surface area contributed by atoms with E-state index < -0.39 is 0 Å². The summed E-state index contributed by atoms with van der Waals surface area (Å²) in [5.74, 6) is 0.910. The molecule has 0 saturated carbocycles. The minimum Gasteiger partial charge on any atom is -0.497 e. The predicted molar refractivity (Wildman–Crippen MR) is 224 cm³/mol. The van der Waals surface area contributed by atoms with Gasteiger partial charge in [-0.1, -0.05) is 221 Å². The van der Waals surface area contributed by atoms with Crippen molar-refractivity contribution >= 4 is 0 Å². The van der Waals surface area contributed by atoms with Crippen molar-refractivity contribution < 1.29 is 4.74 Å². The molecule has 0 aliphatic carbocycles.